The van der Waals surface area contributed by atoms with Crippen molar-refractivity contribution in [2.24, 2.45) is 10.8 Å². The lowest BCUT2D eigenvalue weighted by Gasteiger charge is -2.39. The molecule has 1 aliphatic carbocycles. The summed E-state index contributed by atoms with van der Waals surface area (Å²) in [6.45, 7) is 13.3. The van der Waals surface area contributed by atoms with Crippen molar-refractivity contribution in [1.82, 2.24) is 4.31 Å². The van der Waals surface area contributed by atoms with Gasteiger partial charge in [0.1, 0.15) is 0 Å². The van der Waals surface area contributed by atoms with Gasteiger partial charge in [0.15, 0.2) is 0 Å². The number of benzene rings is 2. The molecule has 2 fully saturated rings. The van der Waals surface area contributed by atoms with Crippen LogP contribution >= 0.6 is 0 Å². The van der Waals surface area contributed by atoms with Gasteiger partial charge in [-0.1, -0.05) is 59.7 Å². The highest BCUT2D eigenvalue weighted by Gasteiger charge is 2.53. The molecule has 186 valence electrons. The number of hydrogen-bond donors (Lipinski definition) is 1. The third kappa shape index (κ3) is 4.90. The highest BCUT2D eigenvalue weighted by molar-refractivity contribution is 7.92. The zero-order valence-corrected chi connectivity index (χ0v) is 22.6. The van der Waals surface area contributed by atoms with E-state index in [4.69, 9.17) is 0 Å². The third-order valence-electron chi connectivity index (χ3n) is 7.09. The fraction of sp³-hybridized carbons (Fsp3) is 0.538. The third-order valence-corrected chi connectivity index (χ3v) is 10.4. The van der Waals surface area contributed by atoms with Crippen LogP contribution in [0.2, 0.25) is 0 Å². The average molecular weight is 505 g/mol. The standard InChI is InChI=1S/C26H36N2O4S2/c1-24(2,3)19-10-12-22(13-11-19)33(29,30)27-20-8-7-9-23(14-20)34(31,32)28-18-26(6)16-21(28)15-25(4,5)17-26/h7-14,21,27H,15-18H2,1-6H3/t21-,26-/m0/s1. The van der Waals surface area contributed by atoms with Crippen molar-refractivity contribution in [3.05, 3.63) is 54.1 Å². The summed E-state index contributed by atoms with van der Waals surface area (Å²) >= 11 is 0. The molecule has 0 radical (unpaired) electrons. The van der Waals surface area contributed by atoms with Crippen molar-refractivity contribution in [3.63, 3.8) is 0 Å². The molecule has 2 bridgehead atoms. The SMILES string of the molecule is CC1(C)C[C@H]2C[C@](C)(CN2S(=O)(=O)c2cccc(NS(=O)(=O)c3ccc(C(C)(C)C)cc3)c2)C1. The van der Waals surface area contributed by atoms with Crippen LogP contribution in [0.5, 0.6) is 0 Å². The summed E-state index contributed by atoms with van der Waals surface area (Å²) in [6.07, 6.45) is 2.70. The van der Waals surface area contributed by atoms with E-state index in [0.717, 1.165) is 24.8 Å². The van der Waals surface area contributed by atoms with Gasteiger partial charge in [0.2, 0.25) is 10.0 Å². The van der Waals surface area contributed by atoms with Gasteiger partial charge in [0.25, 0.3) is 10.0 Å². The van der Waals surface area contributed by atoms with Crippen molar-refractivity contribution < 1.29 is 16.8 Å². The van der Waals surface area contributed by atoms with E-state index in [-0.39, 0.29) is 37.8 Å². The van der Waals surface area contributed by atoms with E-state index >= 15 is 0 Å². The van der Waals surface area contributed by atoms with Gasteiger partial charge in [0.05, 0.1) is 15.5 Å². The Bertz CT molecular complexity index is 1290. The predicted molar refractivity (Wildman–Crippen MR) is 136 cm³/mol. The largest absolute Gasteiger partial charge is 0.280 e. The number of fused-ring (bicyclic) bond motifs is 2. The van der Waals surface area contributed by atoms with Crippen LogP contribution in [0.25, 0.3) is 0 Å². The smallest absolute Gasteiger partial charge is 0.261 e. The monoisotopic (exact) mass is 504 g/mol. The lowest BCUT2D eigenvalue weighted by Crippen LogP contribution is -2.37. The minimum absolute atomic E-state index is 0.0274. The summed E-state index contributed by atoms with van der Waals surface area (Å²) in [6, 6.07) is 12.9. The summed E-state index contributed by atoms with van der Waals surface area (Å²) in [5.74, 6) is 0. The second kappa shape index (κ2) is 8.07. The molecule has 34 heavy (non-hydrogen) atoms. The quantitative estimate of drug-likeness (QED) is 0.593. The Kier molecular flexibility index (Phi) is 5.98. The van der Waals surface area contributed by atoms with Gasteiger partial charge < -0.3 is 0 Å². The van der Waals surface area contributed by atoms with Gasteiger partial charge in [-0.25, -0.2) is 16.8 Å². The number of rotatable bonds is 5. The molecular weight excluding hydrogens is 468 g/mol. The Hall–Kier alpha value is -1.90. The van der Waals surface area contributed by atoms with Crippen molar-refractivity contribution in [2.75, 3.05) is 11.3 Å². The maximum absolute atomic E-state index is 13.6. The maximum Gasteiger partial charge on any atom is 0.261 e. The van der Waals surface area contributed by atoms with Crippen LogP contribution in [0.15, 0.2) is 58.3 Å². The van der Waals surface area contributed by atoms with E-state index in [1.165, 1.54) is 6.07 Å². The van der Waals surface area contributed by atoms with E-state index in [0.29, 0.717) is 6.54 Å². The Labute approximate surface area is 204 Å². The number of nitrogens with one attached hydrogen (secondary N) is 1. The zero-order valence-electron chi connectivity index (χ0n) is 20.9. The maximum atomic E-state index is 13.6. The van der Waals surface area contributed by atoms with E-state index in [1.807, 2.05) is 12.1 Å². The fourth-order valence-corrected chi connectivity index (χ4v) is 8.76. The molecule has 0 spiro atoms. The van der Waals surface area contributed by atoms with E-state index in [2.05, 4.69) is 46.3 Å². The molecule has 0 aromatic heterocycles. The molecule has 2 atom stereocenters. The van der Waals surface area contributed by atoms with Crippen LogP contribution < -0.4 is 4.72 Å². The summed E-state index contributed by atoms with van der Waals surface area (Å²) in [7, 11) is -7.60. The van der Waals surface area contributed by atoms with Crippen LogP contribution in [0.3, 0.4) is 0 Å². The van der Waals surface area contributed by atoms with Crippen molar-refractivity contribution in [1.29, 1.82) is 0 Å². The summed E-state index contributed by atoms with van der Waals surface area (Å²) < 4.78 is 57.3. The molecule has 6 nitrogen and oxygen atoms in total. The Morgan fingerprint density at radius 2 is 1.56 bits per heavy atom. The molecule has 0 amide bonds. The molecule has 1 saturated carbocycles. The average Bonchev–Trinajstić information content (AvgIpc) is 2.96. The van der Waals surface area contributed by atoms with Gasteiger partial charge in [-0.15, -0.1) is 0 Å². The first kappa shape index (κ1) is 25.2. The summed E-state index contributed by atoms with van der Waals surface area (Å²) in [5.41, 5.74) is 1.25. The first-order chi connectivity index (χ1) is 15.5. The van der Waals surface area contributed by atoms with Gasteiger partial charge >= 0.3 is 0 Å². The molecule has 1 heterocycles. The van der Waals surface area contributed by atoms with Crippen LogP contribution in [-0.4, -0.2) is 33.7 Å². The molecule has 1 aliphatic heterocycles. The first-order valence-electron chi connectivity index (χ1n) is 11.8. The Balaban J connectivity index is 1.59. The number of hydrogen-bond acceptors (Lipinski definition) is 4. The second-order valence-electron chi connectivity index (χ2n) is 12.2. The van der Waals surface area contributed by atoms with Crippen LogP contribution in [-0.2, 0) is 25.5 Å². The molecule has 4 rings (SSSR count). The lowest BCUT2D eigenvalue weighted by molar-refractivity contribution is 0.133. The Morgan fingerprint density at radius 3 is 2.18 bits per heavy atom. The molecule has 2 aromatic rings. The highest BCUT2D eigenvalue weighted by Crippen LogP contribution is 2.53. The molecule has 1 saturated heterocycles. The van der Waals surface area contributed by atoms with Gasteiger partial charge in [-0.05, 0) is 71.4 Å². The molecule has 8 heteroatoms. The van der Waals surface area contributed by atoms with Gasteiger partial charge in [0, 0.05) is 12.6 Å². The minimum atomic E-state index is -3.85. The summed E-state index contributed by atoms with van der Waals surface area (Å²) in [5, 5.41) is 0. The molecule has 2 aliphatic rings. The van der Waals surface area contributed by atoms with Gasteiger partial charge in [-0.2, -0.15) is 4.31 Å². The topological polar surface area (TPSA) is 83.6 Å². The first-order valence-corrected chi connectivity index (χ1v) is 14.7. The lowest BCUT2D eigenvalue weighted by atomic mass is 9.65. The zero-order chi connectivity index (χ0) is 25.2. The van der Waals surface area contributed by atoms with E-state index in [9.17, 15) is 16.8 Å². The molecule has 0 unspecified atom stereocenters. The summed E-state index contributed by atoms with van der Waals surface area (Å²) in [4.78, 5) is 0.252. The Morgan fingerprint density at radius 1 is 0.912 bits per heavy atom. The normalized spacial score (nSPS) is 25.3. The predicted octanol–water partition coefficient (Wildman–Crippen LogP) is 5.37. The molecule has 1 N–H and O–H groups in total. The van der Waals surface area contributed by atoms with Crippen LogP contribution in [0.1, 0.15) is 66.4 Å². The van der Waals surface area contributed by atoms with Crippen LogP contribution in [0.4, 0.5) is 5.69 Å². The fourth-order valence-electron chi connectivity index (χ4n) is 5.89. The van der Waals surface area contributed by atoms with Gasteiger partial charge in [-0.3, -0.25) is 4.72 Å². The van der Waals surface area contributed by atoms with Crippen molar-refractivity contribution in [2.45, 2.75) is 82.1 Å². The molecular formula is C26H36N2O4S2. The molecule has 2 aromatic carbocycles. The number of nitrogens with zero attached hydrogens (tertiary/aromatic N) is 1. The minimum Gasteiger partial charge on any atom is -0.280 e. The van der Waals surface area contributed by atoms with Crippen molar-refractivity contribution >= 4 is 25.7 Å². The number of anilines is 1. The van der Waals surface area contributed by atoms with E-state index in [1.54, 1.807) is 34.6 Å². The second-order valence-corrected chi connectivity index (χ2v) is 15.7. The van der Waals surface area contributed by atoms with Crippen molar-refractivity contribution in [3.8, 4) is 0 Å². The number of sulfonamides is 2. The van der Waals surface area contributed by atoms with Crippen LogP contribution in [0, 0.1) is 10.8 Å². The van der Waals surface area contributed by atoms with E-state index < -0.39 is 20.0 Å². The highest BCUT2D eigenvalue weighted by atomic mass is 32.2.